The molecule has 5 N–H and O–H groups in total. The minimum atomic E-state index is -1.43. The van der Waals surface area contributed by atoms with Crippen LogP contribution in [-0.2, 0) is 107 Å². The van der Waals surface area contributed by atoms with Crippen LogP contribution in [-0.4, -0.2) is 74.8 Å². The van der Waals surface area contributed by atoms with Crippen molar-refractivity contribution in [2.24, 2.45) is 0 Å². The number of rotatable bonds is 19. The fraction of sp³-hybridized carbons (Fsp3) is 0.564. The van der Waals surface area contributed by atoms with Gasteiger partial charge in [-0.05, 0) is 136 Å². The maximum atomic E-state index is 14.3. The Hall–Kier alpha value is -5.57. The van der Waals surface area contributed by atoms with Crippen LogP contribution in [0.25, 0.3) is 0 Å². The van der Waals surface area contributed by atoms with Crippen molar-refractivity contribution >= 4 is 81.9 Å². The van der Waals surface area contributed by atoms with E-state index in [2.05, 4.69) is 0 Å². The number of carbonyl (C=O) groups is 4. The van der Waals surface area contributed by atoms with Gasteiger partial charge >= 0.3 is 23.9 Å². The molecule has 13 nitrogen and oxygen atoms in total. The van der Waals surface area contributed by atoms with Crippen LogP contribution in [0.15, 0.2) is 48.5 Å². The lowest BCUT2D eigenvalue weighted by molar-refractivity contribution is -0.182. The van der Waals surface area contributed by atoms with E-state index >= 15 is 0 Å². The number of benzene rings is 5. The predicted octanol–water partition coefficient (Wildman–Crippen LogP) is 20.3. The summed E-state index contributed by atoms with van der Waals surface area (Å²) >= 11 is 27.9. The van der Waals surface area contributed by atoms with E-state index < -0.39 is 92.6 Å². The largest absolute Gasteiger partial charge is 0.507 e. The quantitative estimate of drug-likeness (QED) is 0.0226. The minimum Gasteiger partial charge on any atom is -0.507 e. The summed E-state index contributed by atoms with van der Waals surface area (Å²) in [7, 11) is 0. The van der Waals surface area contributed by atoms with Crippen molar-refractivity contribution in [2.75, 3.05) is 13.2 Å². The Morgan fingerprint density at radius 3 is 0.635 bits per heavy atom. The number of esters is 4. The number of phenols is 5. The van der Waals surface area contributed by atoms with E-state index in [1.807, 2.05) is 215 Å². The Morgan fingerprint density at radius 2 is 0.458 bits per heavy atom. The molecule has 2 atom stereocenters. The van der Waals surface area contributed by atoms with Crippen molar-refractivity contribution in [3.05, 3.63) is 140 Å². The summed E-state index contributed by atoms with van der Waals surface area (Å²) in [4.78, 5) is 56.5. The lowest BCUT2D eigenvalue weighted by atomic mass is 9.78. The van der Waals surface area contributed by atoms with Crippen molar-refractivity contribution in [3.8, 4) is 28.7 Å². The summed E-state index contributed by atoms with van der Waals surface area (Å²) < 4.78 is 24.3. The van der Waals surface area contributed by atoms with Gasteiger partial charge < -0.3 is 44.5 Å². The minimum absolute atomic E-state index is 0.00904. The second-order valence-corrected chi connectivity index (χ2v) is 35.4. The van der Waals surface area contributed by atoms with Crippen molar-refractivity contribution in [3.63, 3.8) is 0 Å². The van der Waals surface area contributed by atoms with Crippen LogP contribution in [0.2, 0.25) is 25.1 Å². The summed E-state index contributed by atoms with van der Waals surface area (Å²) in [6.07, 6.45) is -2.30. The van der Waals surface area contributed by atoms with Gasteiger partial charge in [0.1, 0.15) is 46.3 Å². The fourth-order valence-electron chi connectivity index (χ4n) is 10.9. The van der Waals surface area contributed by atoms with Crippen LogP contribution < -0.4 is 0 Å². The van der Waals surface area contributed by atoms with Gasteiger partial charge in [-0.2, -0.15) is 0 Å². The second-order valence-electron chi connectivity index (χ2n) is 33.5. The molecule has 532 valence electrons. The smallest absolute Gasteiger partial charge is 0.306 e. The molecule has 0 aliphatic rings. The van der Waals surface area contributed by atoms with Crippen LogP contribution >= 0.6 is 58.0 Å². The molecule has 0 fully saturated rings. The normalized spacial score (nSPS) is 13.3. The zero-order valence-electron chi connectivity index (χ0n) is 61.2. The van der Waals surface area contributed by atoms with E-state index in [-0.39, 0.29) is 105 Å². The molecule has 0 aliphatic heterocycles. The van der Waals surface area contributed by atoms with E-state index in [1.165, 1.54) is 0 Å². The Bertz CT molecular complexity index is 3170. The molecule has 0 unspecified atom stereocenters. The zero-order valence-corrected chi connectivity index (χ0v) is 65.0. The molecule has 0 bridgehead atoms. The third-order valence-corrected chi connectivity index (χ3v) is 18.9. The first kappa shape index (κ1) is 82.9. The van der Waals surface area contributed by atoms with Crippen molar-refractivity contribution < 1.29 is 63.7 Å². The molecule has 0 aliphatic carbocycles. The Balaban J connectivity index is 0.00000146. The van der Waals surface area contributed by atoms with Crippen LogP contribution in [0.4, 0.5) is 0 Å². The van der Waals surface area contributed by atoms with Gasteiger partial charge in [-0.3, -0.25) is 19.2 Å². The third-order valence-electron chi connectivity index (χ3n) is 16.6. The molecule has 5 rings (SSSR count). The Labute approximate surface area is 597 Å². The molecule has 0 aromatic heterocycles. The molecule has 0 radical (unpaired) electrons. The molecule has 5 aromatic carbocycles. The van der Waals surface area contributed by atoms with Gasteiger partial charge in [-0.25, -0.2) is 0 Å². The number of halogens is 5. The summed E-state index contributed by atoms with van der Waals surface area (Å²) in [5.41, 5.74) is 5.94. The van der Waals surface area contributed by atoms with Gasteiger partial charge in [0.2, 0.25) is 0 Å². The average molecular weight is 1430 g/mol. The fourth-order valence-corrected chi connectivity index (χ4v) is 12.0. The van der Waals surface area contributed by atoms with E-state index in [4.69, 9.17) is 77.0 Å². The molecule has 0 amide bonds. The second kappa shape index (κ2) is 31.7. The first-order chi connectivity index (χ1) is 43.5. The van der Waals surface area contributed by atoms with Gasteiger partial charge in [0.05, 0.1) is 15.1 Å². The molecule has 0 saturated carbocycles. The highest BCUT2D eigenvalue weighted by atomic mass is 35.5. The first-order valence-corrected chi connectivity index (χ1v) is 34.7. The van der Waals surface area contributed by atoms with Crippen LogP contribution in [0, 0.1) is 0 Å². The van der Waals surface area contributed by atoms with E-state index in [0.29, 0.717) is 0 Å². The standard InChI is InChI=1S/C72H106O12.C6HCl5O/c1-65(2,3)47-33-43(34-48(61(47)77)66(4,5)6)25-29-57(73)81-41-55(83-59(75)31-27-45-37-51(69(13,14)15)63(79)52(38-45)70(16,17)18)56(84-60(76)32-28-46-39-53(71(19,20)21)64(80)54(40-46)72(22,23)24)42-82-58(74)30-26-44-35-49(67(7,8)9)62(78)50(36-44)68(10,11)12;7-1-2(8)4(10)6(12)5(11)3(1)9/h33-40,55-56,77-80H,25-32,41-42H2,1-24H3;12H/t55-,56+;. The third kappa shape index (κ3) is 22.7. The predicted molar refractivity (Wildman–Crippen MR) is 390 cm³/mol. The molecule has 0 spiro atoms. The summed E-state index contributed by atoms with van der Waals surface area (Å²) in [5.74, 6) is -2.13. The molecule has 18 heteroatoms. The number of hydrogen-bond donors (Lipinski definition) is 5. The van der Waals surface area contributed by atoms with E-state index in [1.54, 1.807) is 0 Å². The topological polar surface area (TPSA) is 206 Å². The highest BCUT2D eigenvalue weighted by Crippen LogP contribution is 2.48. The summed E-state index contributed by atoms with van der Waals surface area (Å²) in [5, 5.41) is 54.7. The van der Waals surface area contributed by atoms with Gasteiger partial charge in [0, 0.05) is 25.7 Å². The lowest BCUT2D eigenvalue weighted by Gasteiger charge is -2.29. The number of aromatic hydroxyl groups is 5. The number of phenolic OH excluding ortho intramolecular Hbond substituents is 5. The highest BCUT2D eigenvalue weighted by Gasteiger charge is 2.35. The Kier molecular flexibility index (Phi) is 27.4. The number of ether oxygens (including phenoxy) is 4. The van der Waals surface area contributed by atoms with Crippen molar-refractivity contribution in [1.82, 2.24) is 0 Å². The molecule has 0 saturated heterocycles. The van der Waals surface area contributed by atoms with Crippen molar-refractivity contribution in [1.29, 1.82) is 0 Å². The average Bonchev–Trinajstić information content (AvgIpc) is 0.824. The van der Waals surface area contributed by atoms with Crippen LogP contribution in [0.5, 0.6) is 28.7 Å². The van der Waals surface area contributed by atoms with Gasteiger partial charge in [-0.1, -0.05) is 273 Å². The summed E-state index contributed by atoms with van der Waals surface area (Å²) in [6.45, 7) is 47.3. The maximum absolute atomic E-state index is 14.3. The number of hydrogen-bond acceptors (Lipinski definition) is 13. The lowest BCUT2D eigenvalue weighted by Crippen LogP contribution is -2.42. The van der Waals surface area contributed by atoms with Crippen LogP contribution in [0.3, 0.4) is 0 Å². The molecule has 0 heterocycles. The Morgan fingerprint density at radius 1 is 0.292 bits per heavy atom. The monoisotopic (exact) mass is 1430 g/mol. The number of carbonyl (C=O) groups excluding carboxylic acids is 4. The van der Waals surface area contributed by atoms with E-state index in [9.17, 15) is 44.7 Å². The zero-order chi connectivity index (χ0) is 73.7. The molecule has 96 heavy (non-hydrogen) atoms. The SMILES string of the molecule is CC(C)(C)c1cc(CCC(=O)OC[C@H](OC(=O)CCc2cc(C(C)(C)C)c(O)c(C(C)(C)C)c2)[C@@H](COC(=O)CCc2cc(C(C)(C)C)c(O)c(C(C)(C)C)c2)OC(=O)CCc2cc(C(C)(C)C)c(O)c(C(C)(C)C)c2)cc(C(C)(C)C)c1O.Oc1c(Cl)c(Cl)c(Cl)c(Cl)c1Cl. The highest BCUT2D eigenvalue weighted by molar-refractivity contribution is 6.55. The molecular weight excluding hydrogens is 1320 g/mol. The van der Waals surface area contributed by atoms with Gasteiger partial charge in [0.15, 0.2) is 18.0 Å². The summed E-state index contributed by atoms with van der Waals surface area (Å²) in [6, 6.07) is 15.3. The maximum Gasteiger partial charge on any atom is 0.306 e. The molecule has 5 aromatic rings. The van der Waals surface area contributed by atoms with Gasteiger partial charge in [0.25, 0.3) is 0 Å². The molecular formula is C78H107Cl5O13. The van der Waals surface area contributed by atoms with Crippen LogP contribution in [0.1, 0.15) is 259 Å². The first-order valence-electron chi connectivity index (χ1n) is 32.8. The van der Waals surface area contributed by atoms with E-state index in [0.717, 1.165) is 66.8 Å². The van der Waals surface area contributed by atoms with Crippen molar-refractivity contribution in [2.45, 2.75) is 273 Å². The number of aryl methyl sites for hydroxylation is 4. The van der Waals surface area contributed by atoms with Gasteiger partial charge in [-0.15, -0.1) is 0 Å².